The lowest BCUT2D eigenvalue weighted by atomic mass is 10.1. The first-order valence-electron chi connectivity index (χ1n) is 7.93. The van der Waals surface area contributed by atoms with Gasteiger partial charge in [-0.1, -0.05) is 0 Å². The number of benzene rings is 2. The van der Waals surface area contributed by atoms with Crippen LogP contribution in [0.5, 0.6) is 11.6 Å². The second kappa shape index (κ2) is 6.36. The summed E-state index contributed by atoms with van der Waals surface area (Å²) >= 11 is 0. The molecule has 27 heavy (non-hydrogen) atoms. The highest BCUT2D eigenvalue weighted by atomic mass is 19.1. The first-order chi connectivity index (χ1) is 13.0. The van der Waals surface area contributed by atoms with Crippen molar-refractivity contribution < 1.29 is 28.9 Å². The molecule has 2 aromatic carbocycles. The summed E-state index contributed by atoms with van der Waals surface area (Å²) in [7, 11) is 0. The topological polar surface area (TPSA) is 110 Å². The van der Waals surface area contributed by atoms with Gasteiger partial charge in [-0.2, -0.15) is 0 Å². The molecule has 0 spiro atoms. The zero-order chi connectivity index (χ0) is 19.1. The Labute approximate surface area is 151 Å². The highest BCUT2D eigenvalue weighted by Crippen LogP contribution is 2.40. The molecule has 0 fully saturated rings. The molecule has 0 radical (unpaired) electrons. The summed E-state index contributed by atoms with van der Waals surface area (Å²) in [5.41, 5.74) is 0.985. The maximum Gasteiger partial charge on any atom is 0.335 e. The molecule has 0 saturated carbocycles. The first kappa shape index (κ1) is 17.0. The molecule has 0 amide bonds. The van der Waals surface area contributed by atoms with Crippen LogP contribution < -0.4 is 4.74 Å². The van der Waals surface area contributed by atoms with Gasteiger partial charge < -0.3 is 24.3 Å². The molecule has 8 nitrogen and oxygen atoms in total. The fourth-order valence-corrected chi connectivity index (χ4v) is 3.25. The lowest BCUT2D eigenvalue weighted by molar-refractivity contribution is -0.0173. The van der Waals surface area contributed by atoms with Crippen molar-refractivity contribution in [1.82, 2.24) is 4.57 Å². The van der Waals surface area contributed by atoms with Crippen molar-refractivity contribution in [3.05, 3.63) is 57.7 Å². The number of aromatic hydroxyl groups is 1. The van der Waals surface area contributed by atoms with Crippen LogP contribution in [0.25, 0.3) is 10.9 Å². The third-order valence-electron chi connectivity index (χ3n) is 4.43. The summed E-state index contributed by atoms with van der Waals surface area (Å²) in [5.74, 6) is -1.67. The molecule has 2 N–H and O–H groups in total. The zero-order valence-corrected chi connectivity index (χ0v) is 13.8. The molecule has 9 heteroatoms. The van der Waals surface area contributed by atoms with Gasteiger partial charge >= 0.3 is 5.97 Å². The van der Waals surface area contributed by atoms with Crippen LogP contribution in [0.2, 0.25) is 0 Å². The van der Waals surface area contributed by atoms with Crippen LogP contribution in [-0.2, 0) is 17.9 Å². The van der Waals surface area contributed by atoms with E-state index in [-0.39, 0.29) is 36.7 Å². The second-order valence-corrected chi connectivity index (χ2v) is 6.05. The van der Waals surface area contributed by atoms with E-state index in [9.17, 15) is 24.3 Å². The van der Waals surface area contributed by atoms with Crippen LogP contribution >= 0.6 is 0 Å². The van der Waals surface area contributed by atoms with Gasteiger partial charge in [-0.3, -0.25) is 0 Å². The van der Waals surface area contributed by atoms with Crippen molar-refractivity contribution in [2.75, 3.05) is 6.79 Å². The van der Waals surface area contributed by atoms with E-state index >= 15 is 0 Å². The summed E-state index contributed by atoms with van der Waals surface area (Å²) in [6.07, 6.45) is 0. The zero-order valence-electron chi connectivity index (χ0n) is 13.8. The van der Waals surface area contributed by atoms with Crippen LogP contribution in [0, 0.1) is 10.7 Å². The number of carboxylic acids is 1. The Balaban J connectivity index is 1.91. The minimum Gasteiger partial charge on any atom is -0.493 e. The minimum atomic E-state index is -1.16. The average molecular weight is 372 g/mol. The number of carboxylic acid groups (broad SMARTS) is 1. The highest BCUT2D eigenvalue weighted by molar-refractivity contribution is 5.99. The molecule has 3 aromatic rings. The average Bonchev–Trinajstić information content (AvgIpc) is 2.92. The monoisotopic (exact) mass is 372 g/mol. The smallest absolute Gasteiger partial charge is 0.335 e. The lowest BCUT2D eigenvalue weighted by Gasteiger charge is -2.21. The molecule has 2 heterocycles. The fraction of sp³-hybridized carbons (Fsp3) is 0.167. The lowest BCUT2D eigenvalue weighted by Crippen LogP contribution is -2.14. The summed E-state index contributed by atoms with van der Waals surface area (Å²) < 4.78 is 25.9. The minimum absolute atomic E-state index is 0.00828. The van der Waals surface area contributed by atoms with Crippen molar-refractivity contribution in [3.8, 4) is 11.6 Å². The van der Waals surface area contributed by atoms with Crippen LogP contribution in [-0.4, -0.2) is 27.5 Å². The van der Waals surface area contributed by atoms with Crippen molar-refractivity contribution in [2.24, 2.45) is 5.18 Å². The van der Waals surface area contributed by atoms with Crippen LogP contribution in [0.3, 0.4) is 0 Å². The molecule has 0 atom stereocenters. The van der Waals surface area contributed by atoms with E-state index in [2.05, 4.69) is 5.18 Å². The van der Waals surface area contributed by atoms with Gasteiger partial charge in [0.05, 0.1) is 24.2 Å². The fourth-order valence-electron chi connectivity index (χ4n) is 3.25. The summed E-state index contributed by atoms with van der Waals surface area (Å²) in [4.78, 5) is 22.4. The molecular weight excluding hydrogens is 359 g/mol. The maximum atomic E-state index is 14.0. The number of carbonyl (C=O) groups is 1. The van der Waals surface area contributed by atoms with Gasteiger partial charge in [0.15, 0.2) is 12.5 Å². The van der Waals surface area contributed by atoms with Gasteiger partial charge in [0, 0.05) is 16.5 Å². The number of hydrogen-bond donors (Lipinski definition) is 2. The van der Waals surface area contributed by atoms with Crippen molar-refractivity contribution in [3.63, 3.8) is 0 Å². The SMILES string of the molecule is O=Nc1c(O)n(Cc2cc(F)cc3c2OCOC3)c2cc(C(=O)O)ccc12. The van der Waals surface area contributed by atoms with Crippen LogP contribution in [0.15, 0.2) is 35.5 Å². The number of fused-ring (bicyclic) bond motifs is 2. The molecule has 0 unspecified atom stereocenters. The molecule has 1 aromatic heterocycles. The molecule has 1 aliphatic heterocycles. The Morgan fingerprint density at radius 1 is 1.30 bits per heavy atom. The van der Waals surface area contributed by atoms with E-state index in [4.69, 9.17) is 9.47 Å². The summed E-state index contributed by atoms with van der Waals surface area (Å²) in [6.45, 7) is 0.137. The van der Waals surface area contributed by atoms with Crippen molar-refractivity contribution >= 4 is 22.6 Å². The van der Waals surface area contributed by atoms with Crippen LogP contribution in [0.1, 0.15) is 21.5 Å². The largest absolute Gasteiger partial charge is 0.493 e. The Morgan fingerprint density at radius 3 is 2.85 bits per heavy atom. The molecular formula is C18H13FN2O6. The Bertz CT molecular complexity index is 1090. The maximum absolute atomic E-state index is 14.0. The predicted octanol–water partition coefficient (Wildman–Crippen LogP) is 3.50. The number of halogens is 1. The third kappa shape index (κ3) is 2.77. The van der Waals surface area contributed by atoms with E-state index in [1.165, 1.54) is 34.9 Å². The van der Waals surface area contributed by atoms with Crippen molar-refractivity contribution in [1.29, 1.82) is 0 Å². The quantitative estimate of drug-likeness (QED) is 0.678. The van der Waals surface area contributed by atoms with Gasteiger partial charge in [-0.15, -0.1) is 4.91 Å². The number of hydrogen-bond acceptors (Lipinski definition) is 6. The van der Waals surface area contributed by atoms with Gasteiger partial charge in [-0.05, 0) is 35.5 Å². The highest BCUT2D eigenvalue weighted by Gasteiger charge is 2.22. The van der Waals surface area contributed by atoms with E-state index in [1.807, 2.05) is 0 Å². The molecule has 0 aliphatic carbocycles. The van der Waals surface area contributed by atoms with E-state index in [1.54, 1.807) is 0 Å². The van der Waals surface area contributed by atoms with Gasteiger partial charge in [-0.25, -0.2) is 9.18 Å². The Hall–Kier alpha value is -3.46. The van der Waals surface area contributed by atoms with E-state index in [0.717, 1.165) is 0 Å². The van der Waals surface area contributed by atoms with Crippen molar-refractivity contribution in [2.45, 2.75) is 13.2 Å². The predicted molar refractivity (Wildman–Crippen MR) is 91.8 cm³/mol. The number of aromatic carboxylic acids is 1. The molecule has 138 valence electrons. The molecule has 0 saturated heterocycles. The molecule has 1 aliphatic rings. The third-order valence-corrected chi connectivity index (χ3v) is 4.43. The summed E-state index contributed by atoms with van der Waals surface area (Å²) in [5, 5.41) is 22.8. The van der Waals surface area contributed by atoms with Gasteiger partial charge in [0.2, 0.25) is 5.88 Å². The number of aromatic nitrogens is 1. The Kier molecular flexibility index (Phi) is 4.00. The van der Waals surface area contributed by atoms with Gasteiger partial charge in [0.25, 0.3) is 0 Å². The molecule has 4 rings (SSSR count). The molecule has 0 bridgehead atoms. The Morgan fingerprint density at radius 2 is 2.11 bits per heavy atom. The number of ether oxygens (including phenoxy) is 2. The normalized spacial score (nSPS) is 13.2. The first-order valence-corrected chi connectivity index (χ1v) is 7.93. The van der Waals surface area contributed by atoms with E-state index < -0.39 is 17.7 Å². The number of nitrogens with zero attached hydrogens (tertiary/aromatic N) is 2. The standard InChI is InChI=1S/C18H13FN2O6/c19-12-3-10(16-11(4-12)7-26-8-27-16)6-21-14-5-9(18(23)24)1-2-13(14)15(20-25)17(21)22/h1-5,22H,6-8H2,(H,23,24). The van der Waals surface area contributed by atoms with Crippen LogP contribution in [0.4, 0.5) is 10.1 Å². The van der Waals surface area contributed by atoms with E-state index in [0.29, 0.717) is 22.3 Å². The van der Waals surface area contributed by atoms with Gasteiger partial charge in [0.1, 0.15) is 11.6 Å². The summed E-state index contributed by atoms with van der Waals surface area (Å²) in [6, 6.07) is 6.59. The second-order valence-electron chi connectivity index (χ2n) is 6.05. The number of nitroso groups, excluding NO2 is 1. The number of rotatable bonds is 4.